The third-order valence-electron chi connectivity index (χ3n) is 5.82. The molecule has 124 valence electrons. The van der Waals surface area contributed by atoms with Crippen LogP contribution in [-0.4, -0.2) is 61.2 Å². The van der Waals surface area contributed by atoms with Crippen LogP contribution in [0.3, 0.4) is 0 Å². The molecule has 3 nitrogen and oxygen atoms in total. The lowest BCUT2D eigenvalue weighted by molar-refractivity contribution is 0.0236. The number of rotatable bonds is 4. The number of hydrogen-bond donors (Lipinski definition) is 1. The molecular formula is C18H37N3. The van der Waals surface area contributed by atoms with E-state index in [4.69, 9.17) is 0 Å². The van der Waals surface area contributed by atoms with E-state index in [1.165, 1.54) is 51.7 Å². The highest BCUT2D eigenvalue weighted by atomic mass is 15.3. The van der Waals surface area contributed by atoms with Gasteiger partial charge < -0.3 is 10.2 Å². The molecule has 3 atom stereocenters. The van der Waals surface area contributed by atoms with E-state index in [1.807, 2.05) is 0 Å². The molecule has 2 aliphatic rings. The van der Waals surface area contributed by atoms with Crippen LogP contribution in [0.2, 0.25) is 0 Å². The van der Waals surface area contributed by atoms with E-state index in [0.717, 1.165) is 18.6 Å². The minimum absolute atomic E-state index is 0.426. The Morgan fingerprint density at radius 3 is 2.57 bits per heavy atom. The highest BCUT2D eigenvalue weighted by molar-refractivity contribution is 5.00. The lowest BCUT2D eigenvalue weighted by atomic mass is 9.70. The van der Waals surface area contributed by atoms with Crippen molar-refractivity contribution in [2.24, 2.45) is 5.41 Å². The Balaban J connectivity index is 2.18. The first kappa shape index (κ1) is 17.2. The topological polar surface area (TPSA) is 18.5 Å². The maximum absolute atomic E-state index is 3.84. The predicted molar refractivity (Wildman–Crippen MR) is 91.8 cm³/mol. The van der Waals surface area contributed by atoms with Crippen molar-refractivity contribution in [1.29, 1.82) is 0 Å². The van der Waals surface area contributed by atoms with E-state index in [1.54, 1.807) is 0 Å². The van der Waals surface area contributed by atoms with Gasteiger partial charge in [0.05, 0.1) is 0 Å². The summed E-state index contributed by atoms with van der Waals surface area (Å²) in [5, 5.41) is 3.84. The maximum atomic E-state index is 3.84. The monoisotopic (exact) mass is 295 g/mol. The SMILES string of the molecule is CCNC1C(N2CCCN(C)CC2CC)CCCC1(C)C. The van der Waals surface area contributed by atoms with Gasteiger partial charge in [-0.25, -0.2) is 0 Å². The van der Waals surface area contributed by atoms with E-state index < -0.39 is 0 Å². The molecule has 0 aromatic rings. The molecule has 3 heteroatoms. The average molecular weight is 296 g/mol. The summed E-state index contributed by atoms with van der Waals surface area (Å²) in [6.07, 6.45) is 6.73. The smallest absolute Gasteiger partial charge is 0.0274 e. The van der Waals surface area contributed by atoms with Crippen LogP contribution < -0.4 is 5.32 Å². The van der Waals surface area contributed by atoms with E-state index >= 15 is 0 Å². The number of nitrogens with zero attached hydrogens (tertiary/aromatic N) is 2. The summed E-state index contributed by atoms with van der Waals surface area (Å²) in [4.78, 5) is 5.40. The minimum atomic E-state index is 0.426. The van der Waals surface area contributed by atoms with Gasteiger partial charge in [0.1, 0.15) is 0 Å². The van der Waals surface area contributed by atoms with Crippen LogP contribution in [0.15, 0.2) is 0 Å². The first-order valence-electron chi connectivity index (χ1n) is 9.17. The average Bonchev–Trinajstić information content (AvgIpc) is 2.62. The van der Waals surface area contributed by atoms with E-state index in [0.29, 0.717) is 11.5 Å². The Morgan fingerprint density at radius 1 is 1.14 bits per heavy atom. The molecule has 0 aromatic carbocycles. The molecule has 3 unspecified atom stereocenters. The standard InChI is InChI=1S/C18H37N3/c1-6-15-14-20(5)12-9-13-21(15)16-10-8-11-18(3,4)17(16)19-7-2/h15-17,19H,6-14H2,1-5H3. The van der Waals surface area contributed by atoms with Crippen molar-refractivity contribution >= 4 is 0 Å². The van der Waals surface area contributed by atoms with Gasteiger partial charge in [0.2, 0.25) is 0 Å². The number of nitrogens with one attached hydrogen (secondary N) is 1. The zero-order chi connectivity index (χ0) is 15.5. The molecule has 21 heavy (non-hydrogen) atoms. The Labute approximate surface area is 132 Å². The van der Waals surface area contributed by atoms with Crippen LogP contribution in [0.1, 0.15) is 59.8 Å². The second-order valence-electron chi connectivity index (χ2n) is 7.90. The summed E-state index contributed by atoms with van der Waals surface area (Å²) < 4.78 is 0. The fraction of sp³-hybridized carbons (Fsp3) is 1.00. The van der Waals surface area contributed by atoms with Crippen LogP contribution in [-0.2, 0) is 0 Å². The summed E-state index contributed by atoms with van der Waals surface area (Å²) in [5.74, 6) is 0. The third-order valence-corrected chi connectivity index (χ3v) is 5.82. The Bertz CT molecular complexity index is 316. The molecule has 1 saturated heterocycles. The molecule has 1 aliphatic carbocycles. The van der Waals surface area contributed by atoms with Gasteiger partial charge in [0.15, 0.2) is 0 Å². The van der Waals surface area contributed by atoms with Crippen molar-refractivity contribution in [3.63, 3.8) is 0 Å². The summed E-state index contributed by atoms with van der Waals surface area (Å²) in [6.45, 7) is 14.4. The van der Waals surface area contributed by atoms with Crippen LogP contribution in [0.4, 0.5) is 0 Å². The largest absolute Gasteiger partial charge is 0.312 e. The normalized spacial score (nSPS) is 35.6. The highest BCUT2D eigenvalue weighted by Gasteiger charge is 2.42. The second-order valence-corrected chi connectivity index (χ2v) is 7.90. The lowest BCUT2D eigenvalue weighted by Gasteiger charge is -2.50. The van der Waals surface area contributed by atoms with Crippen LogP contribution in [0, 0.1) is 5.41 Å². The van der Waals surface area contributed by atoms with Gasteiger partial charge in [-0.15, -0.1) is 0 Å². The number of hydrogen-bond acceptors (Lipinski definition) is 3. The Hall–Kier alpha value is -0.120. The summed E-state index contributed by atoms with van der Waals surface area (Å²) in [6, 6.07) is 2.11. The molecule has 0 aromatic heterocycles. The van der Waals surface area contributed by atoms with Crippen molar-refractivity contribution in [2.75, 3.05) is 33.2 Å². The minimum Gasteiger partial charge on any atom is -0.312 e. The van der Waals surface area contributed by atoms with Gasteiger partial charge in [-0.05, 0) is 51.2 Å². The van der Waals surface area contributed by atoms with Crippen molar-refractivity contribution in [3.05, 3.63) is 0 Å². The maximum Gasteiger partial charge on any atom is 0.0274 e. The molecule has 1 N–H and O–H groups in total. The number of likely N-dealkylation sites (N-methyl/N-ethyl adjacent to an activating group) is 2. The lowest BCUT2D eigenvalue weighted by Crippen LogP contribution is -2.61. The second kappa shape index (κ2) is 7.43. The first-order chi connectivity index (χ1) is 9.99. The van der Waals surface area contributed by atoms with E-state index in [9.17, 15) is 0 Å². The fourth-order valence-corrected chi connectivity index (χ4v) is 4.66. The van der Waals surface area contributed by atoms with Crippen molar-refractivity contribution in [1.82, 2.24) is 15.1 Å². The van der Waals surface area contributed by atoms with E-state index in [2.05, 4.69) is 49.9 Å². The van der Waals surface area contributed by atoms with Gasteiger partial charge >= 0.3 is 0 Å². The summed E-state index contributed by atoms with van der Waals surface area (Å²) in [5.41, 5.74) is 0.426. The van der Waals surface area contributed by atoms with Gasteiger partial charge in [-0.3, -0.25) is 4.90 Å². The Morgan fingerprint density at radius 2 is 1.90 bits per heavy atom. The van der Waals surface area contributed by atoms with Crippen molar-refractivity contribution in [3.8, 4) is 0 Å². The van der Waals surface area contributed by atoms with Gasteiger partial charge in [-0.1, -0.05) is 34.1 Å². The molecule has 0 amide bonds. The zero-order valence-corrected chi connectivity index (χ0v) is 15.0. The third kappa shape index (κ3) is 4.00. The molecular weight excluding hydrogens is 258 g/mol. The van der Waals surface area contributed by atoms with Crippen molar-refractivity contribution in [2.45, 2.75) is 77.9 Å². The predicted octanol–water partition coefficient (Wildman–Crippen LogP) is 2.96. The molecule has 1 saturated carbocycles. The summed E-state index contributed by atoms with van der Waals surface area (Å²) in [7, 11) is 2.29. The molecule has 2 rings (SSSR count). The molecule has 0 spiro atoms. The quantitative estimate of drug-likeness (QED) is 0.860. The van der Waals surface area contributed by atoms with Crippen LogP contribution >= 0.6 is 0 Å². The highest BCUT2D eigenvalue weighted by Crippen LogP contribution is 2.39. The van der Waals surface area contributed by atoms with Crippen molar-refractivity contribution < 1.29 is 0 Å². The molecule has 2 fully saturated rings. The van der Waals surface area contributed by atoms with Gasteiger partial charge in [-0.2, -0.15) is 0 Å². The molecule has 1 aliphatic heterocycles. The van der Waals surface area contributed by atoms with E-state index in [-0.39, 0.29) is 0 Å². The molecule has 1 heterocycles. The van der Waals surface area contributed by atoms with Crippen LogP contribution in [0.5, 0.6) is 0 Å². The van der Waals surface area contributed by atoms with Gasteiger partial charge in [0, 0.05) is 31.2 Å². The van der Waals surface area contributed by atoms with Gasteiger partial charge in [0.25, 0.3) is 0 Å². The zero-order valence-electron chi connectivity index (χ0n) is 15.0. The first-order valence-corrected chi connectivity index (χ1v) is 9.17. The van der Waals surface area contributed by atoms with Crippen LogP contribution in [0.25, 0.3) is 0 Å². The summed E-state index contributed by atoms with van der Waals surface area (Å²) >= 11 is 0. The fourth-order valence-electron chi connectivity index (χ4n) is 4.66. The molecule has 0 bridgehead atoms. The Kier molecular flexibility index (Phi) is 6.10. The molecule has 0 radical (unpaired) electrons.